The lowest BCUT2D eigenvalue weighted by molar-refractivity contribution is 0.105. The van der Waals surface area contributed by atoms with Gasteiger partial charge in [0.25, 0.3) is 0 Å². The average molecular weight is 489 g/mol. The Morgan fingerprint density at radius 3 is 2.56 bits per heavy atom. The molecule has 0 aromatic heterocycles. The third-order valence-corrected chi connectivity index (χ3v) is 5.42. The Kier molecular flexibility index (Phi) is 11.1. The van der Waals surface area contributed by atoms with E-state index in [2.05, 4.69) is 41.6 Å². The van der Waals surface area contributed by atoms with Crippen LogP contribution in [0.4, 0.5) is 0 Å². The number of hydrogen-bond donors (Lipinski definition) is 2. The highest BCUT2D eigenvalue weighted by Crippen LogP contribution is 2.40. The number of hydrogen-bond acceptors (Lipinski definition) is 3. The second kappa shape index (κ2) is 12.4. The largest absolute Gasteiger partial charge is 0.496 e. The summed E-state index contributed by atoms with van der Waals surface area (Å²) in [5, 5.41) is 6.97. The molecule has 0 saturated heterocycles. The zero-order valence-corrected chi connectivity index (χ0v) is 19.6. The summed E-state index contributed by atoms with van der Waals surface area (Å²) in [5.41, 5.74) is 2.72. The van der Waals surface area contributed by atoms with E-state index in [-0.39, 0.29) is 24.0 Å². The molecule has 154 valence electrons. The molecule has 0 unspecified atom stereocenters. The van der Waals surface area contributed by atoms with Crippen LogP contribution in [-0.2, 0) is 11.3 Å². The van der Waals surface area contributed by atoms with Crippen LogP contribution < -0.4 is 15.4 Å². The fourth-order valence-corrected chi connectivity index (χ4v) is 3.80. The van der Waals surface area contributed by atoms with Gasteiger partial charge in [0.2, 0.25) is 0 Å². The minimum absolute atomic E-state index is 0. The summed E-state index contributed by atoms with van der Waals surface area (Å²) in [6.07, 6.45) is 6.34. The van der Waals surface area contributed by atoms with Crippen molar-refractivity contribution in [3.8, 4) is 5.75 Å². The van der Waals surface area contributed by atoms with Gasteiger partial charge in [0.15, 0.2) is 5.96 Å². The molecule has 2 rings (SSSR count). The van der Waals surface area contributed by atoms with Gasteiger partial charge in [0, 0.05) is 33.4 Å². The molecule has 0 spiro atoms. The van der Waals surface area contributed by atoms with Crippen LogP contribution in [0.2, 0.25) is 0 Å². The first-order valence-corrected chi connectivity index (χ1v) is 9.78. The van der Waals surface area contributed by atoms with Gasteiger partial charge in [-0.1, -0.05) is 25.0 Å². The first kappa shape index (κ1) is 24.0. The fraction of sp³-hybridized carbons (Fsp3) is 0.667. The predicted octanol–water partition coefficient (Wildman–Crippen LogP) is 4.27. The normalized spacial score (nSPS) is 15.9. The van der Waals surface area contributed by atoms with Crippen molar-refractivity contribution in [2.45, 2.75) is 52.5 Å². The maximum atomic E-state index is 5.61. The Bertz CT molecular complexity index is 587. The zero-order chi connectivity index (χ0) is 18.8. The Hall–Kier alpha value is -1.02. The lowest BCUT2D eigenvalue weighted by Crippen LogP contribution is -2.43. The standard InChI is InChI=1S/C21H35N3O2.HI/c1-5-26-13-12-21(10-6-7-11-21)16-24-20(22-3)23-15-18-8-9-19(25-4)17(2)14-18;/h8-9,14H,5-7,10-13,15-16H2,1-4H3,(H2,22,23,24);1H. The molecule has 1 fully saturated rings. The van der Waals surface area contributed by atoms with E-state index in [9.17, 15) is 0 Å². The van der Waals surface area contributed by atoms with E-state index in [0.717, 1.165) is 50.0 Å². The van der Waals surface area contributed by atoms with Crippen LogP contribution in [0.3, 0.4) is 0 Å². The second-order valence-electron chi connectivity index (χ2n) is 7.24. The van der Waals surface area contributed by atoms with Crippen molar-refractivity contribution >= 4 is 29.9 Å². The SMILES string of the molecule is CCOCCC1(CNC(=NC)NCc2ccc(OC)c(C)c2)CCCC1.I. The molecule has 0 amide bonds. The molecule has 2 N–H and O–H groups in total. The number of nitrogens with zero attached hydrogens (tertiary/aromatic N) is 1. The molecule has 0 radical (unpaired) electrons. The van der Waals surface area contributed by atoms with Gasteiger partial charge < -0.3 is 20.1 Å². The molecule has 1 aromatic rings. The lowest BCUT2D eigenvalue weighted by atomic mass is 9.83. The maximum absolute atomic E-state index is 5.61. The minimum atomic E-state index is 0. The molecular formula is C21H36IN3O2. The molecule has 0 aliphatic heterocycles. The highest BCUT2D eigenvalue weighted by atomic mass is 127. The van der Waals surface area contributed by atoms with Gasteiger partial charge in [-0.2, -0.15) is 0 Å². The summed E-state index contributed by atoms with van der Waals surface area (Å²) in [6.45, 7) is 7.49. The predicted molar refractivity (Wildman–Crippen MR) is 123 cm³/mol. The molecular weight excluding hydrogens is 453 g/mol. The number of ether oxygens (including phenoxy) is 2. The van der Waals surface area contributed by atoms with Gasteiger partial charge in [-0.05, 0) is 55.7 Å². The summed E-state index contributed by atoms with van der Waals surface area (Å²) in [6, 6.07) is 6.26. The van der Waals surface area contributed by atoms with Gasteiger partial charge >= 0.3 is 0 Å². The second-order valence-corrected chi connectivity index (χ2v) is 7.24. The van der Waals surface area contributed by atoms with Crippen molar-refractivity contribution < 1.29 is 9.47 Å². The number of methoxy groups -OCH3 is 1. The average Bonchev–Trinajstić information content (AvgIpc) is 3.11. The topological polar surface area (TPSA) is 54.9 Å². The van der Waals surface area contributed by atoms with E-state index >= 15 is 0 Å². The Labute approximate surface area is 181 Å². The van der Waals surface area contributed by atoms with E-state index in [0.29, 0.717) is 5.41 Å². The molecule has 1 aromatic carbocycles. The molecule has 1 aliphatic carbocycles. The smallest absolute Gasteiger partial charge is 0.191 e. The molecule has 1 aliphatic rings. The third kappa shape index (κ3) is 7.49. The molecule has 6 heteroatoms. The Morgan fingerprint density at radius 2 is 1.96 bits per heavy atom. The maximum Gasteiger partial charge on any atom is 0.191 e. The van der Waals surface area contributed by atoms with Crippen molar-refractivity contribution in [1.29, 1.82) is 0 Å². The minimum Gasteiger partial charge on any atom is -0.496 e. The molecule has 5 nitrogen and oxygen atoms in total. The third-order valence-electron chi connectivity index (χ3n) is 5.42. The first-order chi connectivity index (χ1) is 12.6. The van der Waals surface area contributed by atoms with E-state index in [1.54, 1.807) is 7.11 Å². The van der Waals surface area contributed by atoms with Crippen molar-refractivity contribution in [3.63, 3.8) is 0 Å². The highest BCUT2D eigenvalue weighted by Gasteiger charge is 2.33. The Morgan fingerprint density at radius 1 is 1.22 bits per heavy atom. The lowest BCUT2D eigenvalue weighted by Gasteiger charge is -2.30. The number of halogens is 1. The summed E-state index contributed by atoms with van der Waals surface area (Å²) in [7, 11) is 3.53. The Balaban J connectivity index is 0.00000364. The van der Waals surface area contributed by atoms with Gasteiger partial charge in [-0.25, -0.2) is 0 Å². The molecule has 27 heavy (non-hydrogen) atoms. The van der Waals surface area contributed by atoms with E-state index in [1.807, 2.05) is 13.1 Å². The van der Waals surface area contributed by atoms with E-state index in [1.165, 1.54) is 31.2 Å². The van der Waals surface area contributed by atoms with Gasteiger partial charge in [0.05, 0.1) is 7.11 Å². The first-order valence-electron chi connectivity index (χ1n) is 9.78. The zero-order valence-electron chi connectivity index (χ0n) is 17.3. The van der Waals surface area contributed by atoms with Crippen LogP contribution in [0, 0.1) is 12.3 Å². The van der Waals surface area contributed by atoms with Gasteiger partial charge in [0.1, 0.15) is 5.75 Å². The van der Waals surface area contributed by atoms with Crippen molar-refractivity contribution in [2.24, 2.45) is 10.4 Å². The van der Waals surface area contributed by atoms with E-state index < -0.39 is 0 Å². The van der Waals surface area contributed by atoms with Crippen LogP contribution in [-0.4, -0.2) is 39.9 Å². The van der Waals surface area contributed by atoms with Crippen LogP contribution in [0.1, 0.15) is 50.2 Å². The molecule has 1 saturated carbocycles. The van der Waals surface area contributed by atoms with Crippen molar-refractivity contribution in [2.75, 3.05) is 33.9 Å². The fourth-order valence-electron chi connectivity index (χ4n) is 3.80. The number of nitrogens with one attached hydrogen (secondary N) is 2. The number of benzene rings is 1. The van der Waals surface area contributed by atoms with Crippen molar-refractivity contribution in [3.05, 3.63) is 29.3 Å². The van der Waals surface area contributed by atoms with Crippen molar-refractivity contribution in [1.82, 2.24) is 10.6 Å². The number of aryl methyl sites for hydroxylation is 1. The molecule has 0 bridgehead atoms. The quantitative estimate of drug-likeness (QED) is 0.236. The van der Waals surface area contributed by atoms with Crippen LogP contribution >= 0.6 is 24.0 Å². The van der Waals surface area contributed by atoms with E-state index in [4.69, 9.17) is 9.47 Å². The highest BCUT2D eigenvalue weighted by molar-refractivity contribution is 14.0. The number of guanidine groups is 1. The van der Waals surface area contributed by atoms with Crippen LogP contribution in [0.25, 0.3) is 0 Å². The summed E-state index contributed by atoms with van der Waals surface area (Å²) in [4.78, 5) is 4.39. The van der Waals surface area contributed by atoms with Gasteiger partial charge in [-0.15, -0.1) is 24.0 Å². The van der Waals surface area contributed by atoms with Crippen LogP contribution in [0.5, 0.6) is 5.75 Å². The van der Waals surface area contributed by atoms with Crippen LogP contribution in [0.15, 0.2) is 23.2 Å². The summed E-state index contributed by atoms with van der Waals surface area (Å²) >= 11 is 0. The number of rotatable bonds is 9. The molecule has 0 heterocycles. The van der Waals surface area contributed by atoms with Gasteiger partial charge in [-0.3, -0.25) is 4.99 Å². The number of aliphatic imine (C=N–C) groups is 1. The molecule has 0 atom stereocenters. The monoisotopic (exact) mass is 489 g/mol. The summed E-state index contributed by atoms with van der Waals surface area (Å²) in [5.74, 6) is 1.79. The summed E-state index contributed by atoms with van der Waals surface area (Å²) < 4.78 is 10.9.